The van der Waals surface area contributed by atoms with Crippen LogP contribution in [0.15, 0.2) is 72.8 Å². The molecule has 4 rings (SSSR count). The second-order valence-corrected chi connectivity index (χ2v) is 7.28. The molecular weight excluding hydrogens is 391 g/mol. The topological polar surface area (TPSA) is 42.0 Å². The summed E-state index contributed by atoms with van der Waals surface area (Å²) in [5, 5.41) is 4.34. The highest BCUT2D eigenvalue weighted by atomic mass is 35.5. The Kier molecular flexibility index (Phi) is 5.03. The Labute approximate surface area is 172 Å². The molecule has 0 spiro atoms. The van der Waals surface area contributed by atoms with Gasteiger partial charge in [-0.2, -0.15) is 0 Å². The molecule has 5 heteroatoms. The molecule has 0 unspecified atom stereocenters. The van der Waals surface area contributed by atoms with Crippen molar-refractivity contribution in [3.63, 3.8) is 0 Å². The fourth-order valence-electron chi connectivity index (χ4n) is 3.03. The van der Waals surface area contributed by atoms with Gasteiger partial charge in [0.15, 0.2) is 0 Å². The summed E-state index contributed by atoms with van der Waals surface area (Å²) < 4.78 is 0. The number of carbonyl (C=O) groups is 1. The molecule has 0 saturated carbocycles. The van der Waals surface area contributed by atoms with Crippen LogP contribution in [0, 0.1) is 6.92 Å². The van der Waals surface area contributed by atoms with Crippen LogP contribution >= 0.6 is 23.2 Å². The van der Waals surface area contributed by atoms with E-state index in [2.05, 4.69) is 5.32 Å². The maximum atomic E-state index is 13.1. The van der Waals surface area contributed by atoms with E-state index in [1.807, 2.05) is 55.5 Å². The fraction of sp³-hybridized carbons (Fsp3) is 0.0435. The van der Waals surface area contributed by atoms with E-state index in [9.17, 15) is 4.79 Å². The van der Waals surface area contributed by atoms with Crippen LogP contribution in [-0.4, -0.2) is 10.9 Å². The minimum Gasteiger partial charge on any atom is -0.321 e. The Bertz CT molecular complexity index is 1190. The van der Waals surface area contributed by atoms with Gasteiger partial charge in [-0.05, 0) is 31.2 Å². The molecule has 0 aliphatic rings. The van der Waals surface area contributed by atoms with Gasteiger partial charge in [0.25, 0.3) is 5.91 Å². The van der Waals surface area contributed by atoms with Crippen LogP contribution in [0.25, 0.3) is 22.2 Å². The lowest BCUT2D eigenvalue weighted by Gasteiger charge is -2.12. The summed E-state index contributed by atoms with van der Waals surface area (Å²) in [6.45, 7) is 2.03. The van der Waals surface area contributed by atoms with Crippen molar-refractivity contribution in [2.45, 2.75) is 6.92 Å². The number of nitrogens with zero attached hydrogens (tertiary/aromatic N) is 1. The third-order valence-corrected chi connectivity index (χ3v) is 5.33. The van der Waals surface area contributed by atoms with Crippen LogP contribution in [0.1, 0.15) is 15.9 Å². The highest BCUT2D eigenvalue weighted by Crippen LogP contribution is 2.31. The molecule has 28 heavy (non-hydrogen) atoms. The Morgan fingerprint density at radius 2 is 1.68 bits per heavy atom. The SMILES string of the molecule is Cc1ccc(-c2cc(C(=O)Nc3cccc(Cl)c3Cl)c3ccccc3n2)cc1. The molecule has 138 valence electrons. The number of para-hydroxylation sites is 1. The van der Waals surface area contributed by atoms with Crippen LogP contribution in [-0.2, 0) is 0 Å². The van der Waals surface area contributed by atoms with E-state index < -0.39 is 0 Å². The van der Waals surface area contributed by atoms with Gasteiger partial charge >= 0.3 is 0 Å². The van der Waals surface area contributed by atoms with Crippen molar-refractivity contribution in [3.8, 4) is 11.3 Å². The van der Waals surface area contributed by atoms with Crippen molar-refractivity contribution in [2.75, 3.05) is 5.32 Å². The number of benzene rings is 3. The molecule has 3 aromatic carbocycles. The normalized spacial score (nSPS) is 10.8. The molecule has 1 amide bonds. The maximum absolute atomic E-state index is 13.1. The first-order valence-corrected chi connectivity index (χ1v) is 9.51. The molecule has 0 fully saturated rings. The number of aromatic nitrogens is 1. The number of carbonyl (C=O) groups excluding carboxylic acids is 1. The van der Waals surface area contributed by atoms with E-state index in [-0.39, 0.29) is 5.91 Å². The first-order valence-electron chi connectivity index (χ1n) is 8.75. The van der Waals surface area contributed by atoms with E-state index >= 15 is 0 Å². The lowest BCUT2D eigenvalue weighted by molar-refractivity contribution is 0.102. The molecule has 1 heterocycles. The third-order valence-electron chi connectivity index (χ3n) is 4.51. The summed E-state index contributed by atoms with van der Waals surface area (Å²) >= 11 is 12.3. The molecule has 4 aromatic rings. The van der Waals surface area contributed by atoms with Crippen LogP contribution in [0.5, 0.6) is 0 Å². The highest BCUT2D eigenvalue weighted by Gasteiger charge is 2.16. The number of halogens is 2. The van der Waals surface area contributed by atoms with Gasteiger partial charge < -0.3 is 5.32 Å². The van der Waals surface area contributed by atoms with Crippen LogP contribution in [0.4, 0.5) is 5.69 Å². The largest absolute Gasteiger partial charge is 0.321 e. The average molecular weight is 407 g/mol. The van der Waals surface area contributed by atoms with Crippen molar-refractivity contribution >= 4 is 45.7 Å². The molecule has 0 bridgehead atoms. The van der Waals surface area contributed by atoms with Gasteiger partial charge in [0.1, 0.15) is 0 Å². The predicted molar refractivity (Wildman–Crippen MR) is 116 cm³/mol. The molecule has 3 nitrogen and oxygen atoms in total. The Balaban J connectivity index is 1.81. The van der Waals surface area contributed by atoms with Gasteiger partial charge in [-0.3, -0.25) is 4.79 Å². The number of rotatable bonds is 3. The van der Waals surface area contributed by atoms with E-state index in [1.165, 1.54) is 0 Å². The second-order valence-electron chi connectivity index (χ2n) is 6.49. The predicted octanol–water partition coefficient (Wildman–Crippen LogP) is 6.77. The van der Waals surface area contributed by atoms with Crippen molar-refractivity contribution in [1.29, 1.82) is 0 Å². The molecular formula is C23H16Cl2N2O. The van der Waals surface area contributed by atoms with Crippen LogP contribution < -0.4 is 5.32 Å². The lowest BCUT2D eigenvalue weighted by atomic mass is 10.0. The number of fused-ring (bicyclic) bond motifs is 1. The third kappa shape index (κ3) is 3.59. The van der Waals surface area contributed by atoms with Gasteiger partial charge in [0.05, 0.1) is 32.5 Å². The second kappa shape index (κ2) is 7.63. The Morgan fingerprint density at radius 3 is 2.46 bits per heavy atom. The molecule has 1 N–H and O–H groups in total. The quantitative estimate of drug-likeness (QED) is 0.407. The molecule has 0 aliphatic heterocycles. The number of anilines is 1. The number of pyridine rings is 1. The van der Waals surface area contributed by atoms with E-state index in [1.54, 1.807) is 24.3 Å². The average Bonchev–Trinajstić information content (AvgIpc) is 2.71. The summed E-state index contributed by atoms with van der Waals surface area (Å²) in [6, 6.07) is 22.6. The molecule has 0 aliphatic carbocycles. The van der Waals surface area contributed by atoms with E-state index in [4.69, 9.17) is 28.2 Å². The monoisotopic (exact) mass is 406 g/mol. The lowest BCUT2D eigenvalue weighted by Crippen LogP contribution is -2.13. The first kappa shape index (κ1) is 18.5. The van der Waals surface area contributed by atoms with Crippen molar-refractivity contribution in [1.82, 2.24) is 4.98 Å². The van der Waals surface area contributed by atoms with Crippen LogP contribution in [0.3, 0.4) is 0 Å². The maximum Gasteiger partial charge on any atom is 0.256 e. The smallest absolute Gasteiger partial charge is 0.256 e. The van der Waals surface area contributed by atoms with E-state index in [0.717, 1.165) is 27.7 Å². The number of amides is 1. The summed E-state index contributed by atoms with van der Waals surface area (Å²) in [5.41, 5.74) is 4.60. The van der Waals surface area contributed by atoms with Crippen molar-refractivity contribution in [2.24, 2.45) is 0 Å². The Morgan fingerprint density at radius 1 is 0.929 bits per heavy atom. The highest BCUT2D eigenvalue weighted by molar-refractivity contribution is 6.44. The summed E-state index contributed by atoms with van der Waals surface area (Å²) in [5.74, 6) is -0.267. The molecule has 0 atom stereocenters. The van der Waals surface area contributed by atoms with Gasteiger partial charge in [0.2, 0.25) is 0 Å². The van der Waals surface area contributed by atoms with Gasteiger partial charge in [-0.1, -0.05) is 77.3 Å². The summed E-state index contributed by atoms with van der Waals surface area (Å²) in [7, 11) is 0. The molecule has 0 radical (unpaired) electrons. The standard InChI is InChI=1S/C23H16Cl2N2O/c1-14-9-11-15(12-10-14)21-13-17(16-5-2-3-7-19(16)26-21)23(28)27-20-8-4-6-18(24)22(20)25/h2-13H,1H3,(H,27,28). The number of aryl methyl sites for hydroxylation is 1. The number of hydrogen-bond acceptors (Lipinski definition) is 2. The zero-order valence-corrected chi connectivity index (χ0v) is 16.6. The van der Waals surface area contributed by atoms with Crippen molar-refractivity contribution < 1.29 is 4.79 Å². The van der Waals surface area contributed by atoms with Crippen molar-refractivity contribution in [3.05, 3.63) is 94.0 Å². The van der Waals surface area contributed by atoms with Crippen LogP contribution in [0.2, 0.25) is 10.0 Å². The van der Waals surface area contributed by atoms with Gasteiger partial charge in [0, 0.05) is 10.9 Å². The minimum absolute atomic E-state index is 0.267. The minimum atomic E-state index is -0.267. The zero-order valence-electron chi connectivity index (χ0n) is 15.0. The van der Waals surface area contributed by atoms with Gasteiger partial charge in [-0.25, -0.2) is 4.98 Å². The zero-order chi connectivity index (χ0) is 19.7. The first-order chi connectivity index (χ1) is 13.5. The fourth-order valence-corrected chi connectivity index (χ4v) is 3.37. The number of hydrogen-bond donors (Lipinski definition) is 1. The van der Waals surface area contributed by atoms with E-state index in [0.29, 0.717) is 21.3 Å². The Hall–Kier alpha value is -2.88. The number of nitrogens with one attached hydrogen (secondary N) is 1. The summed E-state index contributed by atoms with van der Waals surface area (Å²) in [4.78, 5) is 17.8. The summed E-state index contributed by atoms with van der Waals surface area (Å²) in [6.07, 6.45) is 0. The molecule has 0 saturated heterocycles. The molecule has 1 aromatic heterocycles. The van der Waals surface area contributed by atoms with Gasteiger partial charge in [-0.15, -0.1) is 0 Å².